The highest BCUT2D eigenvalue weighted by Crippen LogP contribution is 2.16. The molecule has 1 aliphatic rings. The number of amides is 1. The third kappa shape index (κ3) is 4.78. The minimum absolute atomic E-state index is 0.0823. The Morgan fingerprint density at radius 2 is 2.00 bits per heavy atom. The van der Waals surface area contributed by atoms with E-state index in [0.29, 0.717) is 31.3 Å². The van der Waals surface area contributed by atoms with E-state index in [1.165, 1.54) is 0 Å². The maximum absolute atomic E-state index is 12.1. The molecule has 2 aromatic rings. The fraction of sp³-hybridized carbons (Fsp3) is 0.333. The summed E-state index contributed by atoms with van der Waals surface area (Å²) in [6.07, 6.45) is 3.30. The standard InChI is InChI=1S/C18H20N2O4/c21-18(20-23-13-14-4-2-1-3-5-14)15-6-9-19-17(12-15)24-16-7-10-22-11-8-16/h1-6,9,12,16H,7-8,10-11,13H2,(H,20,21). The van der Waals surface area contributed by atoms with E-state index in [4.69, 9.17) is 14.3 Å². The molecular formula is C18H20N2O4. The van der Waals surface area contributed by atoms with Gasteiger partial charge in [-0.2, -0.15) is 0 Å². The summed E-state index contributed by atoms with van der Waals surface area (Å²) in [5.74, 6) is 0.114. The predicted molar refractivity (Wildman–Crippen MR) is 87.4 cm³/mol. The molecule has 0 spiro atoms. The second-order valence-corrected chi connectivity index (χ2v) is 5.52. The largest absolute Gasteiger partial charge is 0.474 e. The highest BCUT2D eigenvalue weighted by atomic mass is 16.6. The summed E-state index contributed by atoms with van der Waals surface area (Å²) in [4.78, 5) is 21.5. The molecule has 0 radical (unpaired) electrons. The topological polar surface area (TPSA) is 69.7 Å². The maximum Gasteiger partial charge on any atom is 0.275 e. The van der Waals surface area contributed by atoms with Gasteiger partial charge in [0, 0.05) is 30.7 Å². The molecule has 6 nitrogen and oxygen atoms in total. The van der Waals surface area contributed by atoms with Crippen molar-refractivity contribution in [2.75, 3.05) is 13.2 Å². The third-order valence-corrected chi connectivity index (χ3v) is 3.70. The first-order valence-electron chi connectivity index (χ1n) is 7.98. The summed E-state index contributed by atoms with van der Waals surface area (Å²) in [6, 6.07) is 12.9. The summed E-state index contributed by atoms with van der Waals surface area (Å²) in [7, 11) is 0. The van der Waals surface area contributed by atoms with Crippen LogP contribution < -0.4 is 10.2 Å². The van der Waals surface area contributed by atoms with Gasteiger partial charge in [-0.05, 0) is 11.6 Å². The van der Waals surface area contributed by atoms with Gasteiger partial charge in [0.05, 0.1) is 19.8 Å². The van der Waals surface area contributed by atoms with Crippen LogP contribution in [0.25, 0.3) is 0 Å². The second kappa shape index (κ2) is 8.42. The number of pyridine rings is 1. The Hall–Kier alpha value is -2.44. The molecule has 1 aromatic heterocycles. The van der Waals surface area contributed by atoms with Crippen LogP contribution >= 0.6 is 0 Å². The average molecular weight is 328 g/mol. The first-order chi connectivity index (χ1) is 11.8. The van der Waals surface area contributed by atoms with Crippen LogP contribution in [0.4, 0.5) is 0 Å². The summed E-state index contributed by atoms with van der Waals surface area (Å²) in [6.45, 7) is 1.69. The summed E-state index contributed by atoms with van der Waals surface area (Å²) < 4.78 is 11.1. The molecule has 1 aliphatic heterocycles. The van der Waals surface area contributed by atoms with Crippen molar-refractivity contribution >= 4 is 5.91 Å². The number of hydrogen-bond donors (Lipinski definition) is 1. The zero-order valence-corrected chi connectivity index (χ0v) is 13.3. The van der Waals surface area contributed by atoms with Crippen molar-refractivity contribution < 1.29 is 19.1 Å². The zero-order chi connectivity index (χ0) is 16.6. The smallest absolute Gasteiger partial charge is 0.275 e. The van der Waals surface area contributed by atoms with Crippen LogP contribution in [0.1, 0.15) is 28.8 Å². The van der Waals surface area contributed by atoms with Crippen LogP contribution in [0.3, 0.4) is 0 Å². The highest BCUT2D eigenvalue weighted by molar-refractivity contribution is 5.93. The van der Waals surface area contributed by atoms with E-state index in [-0.39, 0.29) is 12.0 Å². The van der Waals surface area contributed by atoms with Crippen LogP contribution in [-0.2, 0) is 16.2 Å². The molecule has 1 saturated heterocycles. The summed E-state index contributed by atoms with van der Waals surface area (Å²) >= 11 is 0. The monoisotopic (exact) mass is 328 g/mol. The molecule has 1 aromatic carbocycles. The average Bonchev–Trinajstić information content (AvgIpc) is 2.64. The van der Waals surface area contributed by atoms with E-state index in [1.807, 2.05) is 30.3 Å². The number of nitrogens with one attached hydrogen (secondary N) is 1. The quantitative estimate of drug-likeness (QED) is 0.825. The third-order valence-electron chi connectivity index (χ3n) is 3.70. The Balaban J connectivity index is 1.51. The normalized spacial score (nSPS) is 15.0. The van der Waals surface area contributed by atoms with Crippen LogP contribution in [0, 0.1) is 0 Å². The van der Waals surface area contributed by atoms with Crippen molar-refractivity contribution in [2.24, 2.45) is 0 Å². The molecule has 2 heterocycles. The summed E-state index contributed by atoms with van der Waals surface area (Å²) in [5.41, 5.74) is 3.86. The highest BCUT2D eigenvalue weighted by Gasteiger charge is 2.16. The second-order valence-electron chi connectivity index (χ2n) is 5.52. The first-order valence-corrected chi connectivity index (χ1v) is 7.98. The number of carbonyl (C=O) groups is 1. The molecule has 0 bridgehead atoms. The van der Waals surface area contributed by atoms with Crippen LogP contribution in [0.15, 0.2) is 48.7 Å². The van der Waals surface area contributed by atoms with Gasteiger partial charge >= 0.3 is 0 Å². The number of rotatable bonds is 6. The molecule has 0 aliphatic carbocycles. The number of hydroxylamine groups is 1. The van der Waals surface area contributed by atoms with Gasteiger partial charge in [0.15, 0.2) is 0 Å². The van der Waals surface area contributed by atoms with E-state index in [2.05, 4.69) is 10.5 Å². The maximum atomic E-state index is 12.1. The van der Waals surface area contributed by atoms with Crippen molar-refractivity contribution in [1.29, 1.82) is 0 Å². The Kier molecular flexibility index (Phi) is 5.76. The van der Waals surface area contributed by atoms with Gasteiger partial charge in [0.1, 0.15) is 6.10 Å². The lowest BCUT2D eigenvalue weighted by Crippen LogP contribution is -2.27. The molecule has 24 heavy (non-hydrogen) atoms. The number of carbonyl (C=O) groups excluding carboxylic acids is 1. The molecule has 0 saturated carbocycles. The number of hydrogen-bond acceptors (Lipinski definition) is 5. The number of nitrogens with zero attached hydrogens (tertiary/aromatic N) is 1. The van der Waals surface area contributed by atoms with E-state index in [0.717, 1.165) is 18.4 Å². The fourth-order valence-electron chi connectivity index (χ4n) is 2.40. The van der Waals surface area contributed by atoms with Crippen LogP contribution in [-0.4, -0.2) is 30.2 Å². The van der Waals surface area contributed by atoms with Gasteiger partial charge < -0.3 is 9.47 Å². The Morgan fingerprint density at radius 1 is 1.21 bits per heavy atom. The van der Waals surface area contributed by atoms with Crippen molar-refractivity contribution in [3.05, 3.63) is 59.8 Å². The number of benzene rings is 1. The van der Waals surface area contributed by atoms with Crippen molar-refractivity contribution in [2.45, 2.75) is 25.6 Å². The van der Waals surface area contributed by atoms with Gasteiger partial charge in [-0.3, -0.25) is 9.63 Å². The Labute approximate surface area is 140 Å². The van der Waals surface area contributed by atoms with Crippen molar-refractivity contribution in [3.8, 4) is 5.88 Å². The first kappa shape index (κ1) is 16.4. The van der Waals surface area contributed by atoms with Crippen molar-refractivity contribution in [1.82, 2.24) is 10.5 Å². The minimum Gasteiger partial charge on any atom is -0.474 e. The molecule has 126 valence electrons. The fourth-order valence-corrected chi connectivity index (χ4v) is 2.40. The zero-order valence-electron chi connectivity index (χ0n) is 13.3. The van der Waals surface area contributed by atoms with E-state index in [9.17, 15) is 4.79 Å². The molecule has 1 fully saturated rings. The molecule has 6 heteroatoms. The Morgan fingerprint density at radius 3 is 2.79 bits per heavy atom. The van der Waals surface area contributed by atoms with E-state index < -0.39 is 0 Å². The van der Waals surface area contributed by atoms with Gasteiger partial charge in [0.2, 0.25) is 5.88 Å². The molecule has 0 atom stereocenters. The lowest BCUT2D eigenvalue weighted by atomic mass is 10.1. The van der Waals surface area contributed by atoms with E-state index in [1.54, 1.807) is 18.3 Å². The summed E-state index contributed by atoms with van der Waals surface area (Å²) in [5, 5.41) is 0. The lowest BCUT2D eigenvalue weighted by Gasteiger charge is -2.22. The molecule has 3 rings (SSSR count). The van der Waals surface area contributed by atoms with E-state index >= 15 is 0 Å². The van der Waals surface area contributed by atoms with Crippen LogP contribution in [0.5, 0.6) is 5.88 Å². The minimum atomic E-state index is -0.329. The number of aromatic nitrogens is 1. The molecule has 1 amide bonds. The van der Waals surface area contributed by atoms with Gasteiger partial charge in [-0.15, -0.1) is 0 Å². The molecular weight excluding hydrogens is 308 g/mol. The van der Waals surface area contributed by atoms with Gasteiger partial charge in [-0.25, -0.2) is 10.5 Å². The van der Waals surface area contributed by atoms with Gasteiger partial charge in [-0.1, -0.05) is 30.3 Å². The van der Waals surface area contributed by atoms with Gasteiger partial charge in [0.25, 0.3) is 5.91 Å². The van der Waals surface area contributed by atoms with Crippen molar-refractivity contribution in [3.63, 3.8) is 0 Å². The lowest BCUT2D eigenvalue weighted by molar-refractivity contribution is 0.0218. The Bertz CT molecular complexity index is 657. The predicted octanol–water partition coefficient (Wildman–Crippen LogP) is 2.50. The number of ether oxygens (including phenoxy) is 2. The molecule has 1 N–H and O–H groups in total. The molecule has 0 unspecified atom stereocenters. The van der Waals surface area contributed by atoms with Crippen LogP contribution in [0.2, 0.25) is 0 Å². The SMILES string of the molecule is O=C(NOCc1ccccc1)c1ccnc(OC2CCOCC2)c1.